The van der Waals surface area contributed by atoms with Crippen molar-refractivity contribution in [3.63, 3.8) is 0 Å². The third kappa shape index (κ3) is 5.56. The van der Waals surface area contributed by atoms with Gasteiger partial charge in [0.05, 0.1) is 6.04 Å². The molecular formula is C23H29FN4O. The van der Waals surface area contributed by atoms with Gasteiger partial charge in [0, 0.05) is 26.1 Å². The Morgan fingerprint density at radius 3 is 2.52 bits per heavy atom. The summed E-state index contributed by atoms with van der Waals surface area (Å²) in [4.78, 5) is 18.0. The van der Waals surface area contributed by atoms with E-state index in [1.165, 1.54) is 11.0 Å². The molecule has 2 aromatic rings. The average Bonchev–Trinajstić information content (AvgIpc) is 3.51. The van der Waals surface area contributed by atoms with Crippen LogP contribution in [0.2, 0.25) is 0 Å². The summed E-state index contributed by atoms with van der Waals surface area (Å²) in [5, 5.41) is 6.77. The van der Waals surface area contributed by atoms with Gasteiger partial charge in [0.2, 0.25) is 5.91 Å². The molecule has 1 saturated carbocycles. The van der Waals surface area contributed by atoms with Gasteiger partial charge in [-0.15, -0.1) is 0 Å². The number of aliphatic imine (C=N–C) groups is 1. The SMILES string of the molecule is CC(NC(=NCC(=O)N(C)C)NCC1(c2cccc(F)c2)CC1)c1ccccc1. The predicted molar refractivity (Wildman–Crippen MR) is 114 cm³/mol. The Bertz CT molecular complexity index is 862. The number of rotatable bonds is 7. The van der Waals surface area contributed by atoms with Crippen molar-refractivity contribution < 1.29 is 9.18 Å². The van der Waals surface area contributed by atoms with Gasteiger partial charge in [-0.1, -0.05) is 42.5 Å². The molecule has 2 N–H and O–H groups in total. The Balaban J connectivity index is 1.71. The summed E-state index contributed by atoms with van der Waals surface area (Å²) < 4.78 is 13.7. The molecule has 0 radical (unpaired) electrons. The van der Waals surface area contributed by atoms with Gasteiger partial charge in [0.25, 0.3) is 0 Å². The lowest BCUT2D eigenvalue weighted by Gasteiger charge is -2.22. The van der Waals surface area contributed by atoms with Crippen LogP contribution in [-0.2, 0) is 10.2 Å². The van der Waals surface area contributed by atoms with E-state index >= 15 is 0 Å². The third-order valence-corrected chi connectivity index (χ3v) is 5.41. The molecule has 0 spiro atoms. The van der Waals surface area contributed by atoms with Crippen LogP contribution in [-0.4, -0.2) is 44.0 Å². The van der Waals surface area contributed by atoms with E-state index in [0.717, 1.165) is 24.0 Å². The van der Waals surface area contributed by atoms with Crippen LogP contribution in [0.25, 0.3) is 0 Å². The molecule has 5 nitrogen and oxygen atoms in total. The number of halogens is 1. The number of nitrogens with zero attached hydrogens (tertiary/aromatic N) is 2. The van der Waals surface area contributed by atoms with Crippen molar-refractivity contribution >= 4 is 11.9 Å². The predicted octanol–water partition coefficient (Wildman–Crippen LogP) is 3.24. The van der Waals surface area contributed by atoms with Gasteiger partial charge in [-0.05, 0) is 43.0 Å². The summed E-state index contributed by atoms with van der Waals surface area (Å²) in [7, 11) is 3.43. The van der Waals surface area contributed by atoms with E-state index in [1.54, 1.807) is 26.2 Å². The lowest BCUT2D eigenvalue weighted by atomic mass is 9.96. The number of hydrogen-bond acceptors (Lipinski definition) is 2. The van der Waals surface area contributed by atoms with Crippen LogP contribution < -0.4 is 10.6 Å². The maximum absolute atomic E-state index is 13.7. The standard InChI is InChI=1S/C23H29FN4O/c1-17(18-8-5-4-6-9-18)27-22(25-15-21(29)28(2)3)26-16-23(12-13-23)19-10-7-11-20(24)14-19/h4-11,14,17H,12-13,15-16H2,1-3H3,(H2,25,26,27). The highest BCUT2D eigenvalue weighted by Crippen LogP contribution is 2.47. The topological polar surface area (TPSA) is 56.7 Å². The van der Waals surface area contributed by atoms with E-state index in [0.29, 0.717) is 12.5 Å². The van der Waals surface area contributed by atoms with Crippen molar-refractivity contribution in [2.45, 2.75) is 31.2 Å². The Hall–Kier alpha value is -2.89. The average molecular weight is 397 g/mol. The molecule has 154 valence electrons. The summed E-state index contributed by atoms with van der Waals surface area (Å²) in [5.74, 6) is 0.305. The lowest BCUT2D eigenvalue weighted by Crippen LogP contribution is -2.43. The number of hydrogen-bond donors (Lipinski definition) is 2. The Kier molecular flexibility index (Phi) is 6.52. The zero-order chi connectivity index (χ0) is 20.9. The summed E-state index contributed by atoms with van der Waals surface area (Å²) in [5.41, 5.74) is 2.06. The molecular weight excluding hydrogens is 367 g/mol. The second kappa shape index (κ2) is 9.07. The van der Waals surface area contributed by atoms with Gasteiger partial charge in [-0.2, -0.15) is 0 Å². The van der Waals surface area contributed by atoms with E-state index in [-0.39, 0.29) is 29.7 Å². The van der Waals surface area contributed by atoms with E-state index in [4.69, 9.17) is 0 Å². The number of carbonyl (C=O) groups excluding carboxylic acids is 1. The molecule has 0 saturated heterocycles. The van der Waals surface area contributed by atoms with Crippen LogP contribution in [0.5, 0.6) is 0 Å². The highest BCUT2D eigenvalue weighted by atomic mass is 19.1. The minimum atomic E-state index is -0.213. The molecule has 1 atom stereocenters. The van der Waals surface area contributed by atoms with E-state index < -0.39 is 0 Å². The summed E-state index contributed by atoms with van der Waals surface area (Å²) >= 11 is 0. The van der Waals surface area contributed by atoms with Crippen LogP contribution >= 0.6 is 0 Å². The fourth-order valence-corrected chi connectivity index (χ4v) is 3.26. The second-order valence-electron chi connectivity index (χ2n) is 7.87. The van der Waals surface area contributed by atoms with Gasteiger partial charge in [0.1, 0.15) is 12.4 Å². The molecule has 3 rings (SSSR count). The zero-order valence-electron chi connectivity index (χ0n) is 17.3. The van der Waals surface area contributed by atoms with Crippen molar-refractivity contribution in [1.29, 1.82) is 0 Å². The molecule has 1 amide bonds. The second-order valence-corrected chi connectivity index (χ2v) is 7.87. The van der Waals surface area contributed by atoms with Gasteiger partial charge < -0.3 is 15.5 Å². The van der Waals surface area contributed by atoms with Gasteiger partial charge in [0.15, 0.2) is 5.96 Å². The van der Waals surface area contributed by atoms with Gasteiger partial charge >= 0.3 is 0 Å². The molecule has 1 aliphatic rings. The number of nitrogens with one attached hydrogen (secondary N) is 2. The fourth-order valence-electron chi connectivity index (χ4n) is 3.26. The number of amides is 1. The number of guanidine groups is 1. The Morgan fingerprint density at radius 2 is 1.90 bits per heavy atom. The fraction of sp³-hybridized carbons (Fsp3) is 0.391. The van der Waals surface area contributed by atoms with Crippen molar-refractivity contribution in [3.8, 4) is 0 Å². The highest BCUT2D eigenvalue weighted by Gasteiger charge is 2.44. The van der Waals surface area contributed by atoms with Crippen molar-refractivity contribution in [1.82, 2.24) is 15.5 Å². The molecule has 29 heavy (non-hydrogen) atoms. The molecule has 0 aromatic heterocycles. The van der Waals surface area contributed by atoms with E-state index in [1.807, 2.05) is 24.3 Å². The first-order chi connectivity index (χ1) is 13.9. The van der Waals surface area contributed by atoms with Gasteiger partial charge in [-0.3, -0.25) is 4.79 Å². The minimum Gasteiger partial charge on any atom is -0.355 e. The van der Waals surface area contributed by atoms with Crippen LogP contribution in [0, 0.1) is 5.82 Å². The first kappa shape index (κ1) is 20.8. The lowest BCUT2D eigenvalue weighted by molar-refractivity contribution is -0.127. The maximum Gasteiger partial charge on any atom is 0.243 e. The quantitative estimate of drug-likeness (QED) is 0.558. The Morgan fingerprint density at radius 1 is 1.17 bits per heavy atom. The summed E-state index contributed by atoms with van der Waals surface area (Å²) in [6.07, 6.45) is 2.00. The number of benzene rings is 2. The van der Waals surface area contributed by atoms with Gasteiger partial charge in [-0.25, -0.2) is 9.38 Å². The van der Waals surface area contributed by atoms with Crippen LogP contribution in [0.1, 0.15) is 36.9 Å². The van der Waals surface area contributed by atoms with Crippen LogP contribution in [0.4, 0.5) is 4.39 Å². The van der Waals surface area contributed by atoms with Crippen molar-refractivity contribution in [2.24, 2.45) is 4.99 Å². The minimum absolute atomic E-state index is 0.0289. The van der Waals surface area contributed by atoms with Crippen molar-refractivity contribution in [3.05, 3.63) is 71.5 Å². The zero-order valence-corrected chi connectivity index (χ0v) is 17.3. The maximum atomic E-state index is 13.7. The third-order valence-electron chi connectivity index (χ3n) is 5.41. The van der Waals surface area contributed by atoms with Crippen molar-refractivity contribution in [2.75, 3.05) is 27.2 Å². The monoisotopic (exact) mass is 396 g/mol. The summed E-state index contributed by atoms with van der Waals surface area (Å²) in [6.45, 7) is 2.76. The molecule has 0 bridgehead atoms. The normalized spacial score (nSPS) is 16.1. The molecule has 6 heteroatoms. The number of carbonyl (C=O) groups is 1. The number of likely N-dealkylation sites (N-methyl/N-ethyl adjacent to an activating group) is 1. The molecule has 2 aromatic carbocycles. The summed E-state index contributed by atoms with van der Waals surface area (Å²) in [6, 6.07) is 16.9. The first-order valence-electron chi connectivity index (χ1n) is 9.96. The molecule has 1 aliphatic carbocycles. The largest absolute Gasteiger partial charge is 0.355 e. The van der Waals surface area contributed by atoms with Crippen LogP contribution in [0.15, 0.2) is 59.6 Å². The molecule has 1 fully saturated rings. The Labute approximate surface area is 172 Å². The van der Waals surface area contributed by atoms with E-state index in [2.05, 4.69) is 34.7 Å². The van der Waals surface area contributed by atoms with E-state index in [9.17, 15) is 9.18 Å². The highest BCUT2D eigenvalue weighted by molar-refractivity contribution is 5.85. The first-order valence-corrected chi connectivity index (χ1v) is 9.96. The molecule has 1 unspecified atom stereocenters. The smallest absolute Gasteiger partial charge is 0.243 e. The molecule has 0 heterocycles. The van der Waals surface area contributed by atoms with Crippen LogP contribution in [0.3, 0.4) is 0 Å². The molecule has 0 aliphatic heterocycles.